The molecule has 1 aliphatic rings. The zero-order valence-electron chi connectivity index (χ0n) is 38.0. The highest BCUT2D eigenvalue weighted by Gasteiger charge is 2.27. The van der Waals surface area contributed by atoms with Crippen molar-refractivity contribution in [1.29, 1.82) is 10.5 Å². The second-order valence-corrected chi connectivity index (χ2v) is 20.1. The van der Waals surface area contributed by atoms with Crippen molar-refractivity contribution in [2.75, 3.05) is 23.8 Å². The van der Waals surface area contributed by atoms with Gasteiger partial charge < -0.3 is 15.5 Å². The van der Waals surface area contributed by atoms with Gasteiger partial charge in [0.05, 0.1) is 48.3 Å². The predicted octanol–water partition coefficient (Wildman–Crippen LogP) is 8.38. The highest BCUT2D eigenvalue weighted by atomic mass is 32.2. The Bertz CT molecular complexity index is 2710. The van der Waals surface area contributed by atoms with Crippen LogP contribution in [-0.2, 0) is 43.0 Å². The number of anilines is 1. The van der Waals surface area contributed by atoms with Crippen molar-refractivity contribution in [3.05, 3.63) is 148 Å². The fourth-order valence-corrected chi connectivity index (χ4v) is 7.73. The van der Waals surface area contributed by atoms with Crippen LogP contribution in [0.4, 0.5) is 10.1 Å². The molecule has 0 amide bonds. The highest BCUT2D eigenvalue weighted by molar-refractivity contribution is 7.92. The van der Waals surface area contributed by atoms with E-state index in [0.717, 1.165) is 55.7 Å². The summed E-state index contributed by atoms with van der Waals surface area (Å²) < 4.78 is 51.3. The van der Waals surface area contributed by atoms with Crippen LogP contribution in [0.15, 0.2) is 108 Å². The summed E-state index contributed by atoms with van der Waals surface area (Å²) in [5.41, 5.74) is 7.58. The number of hydrogen-bond donors (Lipinski definition) is 4. The Morgan fingerprint density at radius 1 is 0.938 bits per heavy atom. The van der Waals surface area contributed by atoms with Crippen LogP contribution in [-0.4, -0.2) is 68.7 Å². The number of nitriles is 2. The molecule has 0 radical (unpaired) electrons. The molecule has 65 heavy (non-hydrogen) atoms. The van der Waals surface area contributed by atoms with Crippen molar-refractivity contribution in [3.8, 4) is 12.1 Å². The number of aliphatic hydroxyl groups is 1. The summed E-state index contributed by atoms with van der Waals surface area (Å²) in [7, 11) is -4.29. The van der Waals surface area contributed by atoms with E-state index < -0.39 is 43.7 Å². The van der Waals surface area contributed by atoms with Crippen molar-refractivity contribution in [1.82, 2.24) is 20.1 Å². The minimum absolute atomic E-state index is 0.145. The Balaban J connectivity index is 0.000000217. The first-order valence-corrected chi connectivity index (χ1v) is 24.0. The van der Waals surface area contributed by atoms with Gasteiger partial charge in [0.15, 0.2) is 0 Å². The molecule has 1 aromatic heterocycles. The van der Waals surface area contributed by atoms with Gasteiger partial charge in [-0.1, -0.05) is 62.4 Å². The predicted molar refractivity (Wildman–Crippen MR) is 254 cm³/mol. The maximum absolute atomic E-state index is 13.7. The number of carbonyl (C=O) groups is 1. The third-order valence-electron chi connectivity index (χ3n) is 10.4. The maximum Gasteiger partial charge on any atom is 0.307 e. The molecule has 13 nitrogen and oxygen atoms in total. The van der Waals surface area contributed by atoms with Crippen LogP contribution in [0.2, 0.25) is 0 Å². The minimum Gasteiger partial charge on any atom is -0.481 e. The summed E-state index contributed by atoms with van der Waals surface area (Å²) in [5, 5.41) is 45.1. The number of carboxylic acids is 1. The number of aliphatic hydroxyl groups excluding tert-OH is 1. The molecule has 6 rings (SSSR count). The smallest absolute Gasteiger partial charge is 0.307 e. The number of fused-ring (bicyclic) bond motifs is 1. The average Bonchev–Trinajstić information content (AvgIpc) is 3.85. The van der Waals surface area contributed by atoms with E-state index in [0.29, 0.717) is 36.0 Å². The maximum atomic E-state index is 13.7. The fraction of sp³-hybridized carbons (Fsp3) is 0.327. The van der Waals surface area contributed by atoms with E-state index in [9.17, 15) is 37.4 Å². The fourth-order valence-electron chi connectivity index (χ4n) is 6.64. The molecule has 16 heteroatoms. The van der Waals surface area contributed by atoms with Crippen LogP contribution >= 0.6 is 0 Å². The first kappa shape index (κ1) is 51.3. The van der Waals surface area contributed by atoms with Crippen LogP contribution in [0.25, 0.3) is 17.2 Å². The molecule has 0 fully saturated rings. The second-order valence-electron chi connectivity index (χ2n) is 17.0. The number of benzene rings is 4. The average molecular weight is 922 g/mol. The summed E-state index contributed by atoms with van der Waals surface area (Å²) in [6.07, 6.45) is 7.07. The van der Waals surface area contributed by atoms with Crippen molar-refractivity contribution >= 4 is 49.7 Å². The largest absolute Gasteiger partial charge is 0.481 e. The lowest BCUT2D eigenvalue weighted by Gasteiger charge is -2.23. The van der Waals surface area contributed by atoms with Crippen LogP contribution < -0.4 is 10.0 Å². The number of hydrogen-bond acceptors (Lipinski definition) is 10. The number of nitrogens with zero attached hydrogens (tertiary/aromatic N) is 5. The number of rotatable bonds is 14. The van der Waals surface area contributed by atoms with Gasteiger partial charge in [0.2, 0.25) is 10.0 Å². The van der Waals surface area contributed by atoms with Crippen LogP contribution in [0.3, 0.4) is 0 Å². The topological polar surface area (TPSA) is 211 Å². The summed E-state index contributed by atoms with van der Waals surface area (Å²) in [6, 6.07) is 29.4. The molecule has 5 aromatic rings. The standard InChI is InChI=1S/C20H17FO3S.C17H19N5.C12H20N2O3S/c1-12-17(9-13-3-6-15(7-4-13)25(2)24)16-8-5-14(21)10-19(16)18(12)11-20(22)23;1-16(2,9-18)14-5-13(8-22-12-20-11-21-22)6-15(7-14)17(3,4)10-19;1-9(2)13-8-12(15)10-4-6-11(7-5-10)14-18(3,16)17/h3-10H,11H2,1-2H3,(H,22,23);5-7,11-12H,8H2,1-4H3;4-7,9,12-15H,8H2,1-3H3/b17-9-;;. The van der Waals surface area contributed by atoms with E-state index >= 15 is 0 Å². The van der Waals surface area contributed by atoms with Crippen molar-refractivity contribution < 1.29 is 32.0 Å². The van der Waals surface area contributed by atoms with Gasteiger partial charge in [0.25, 0.3) is 0 Å². The first-order valence-electron chi connectivity index (χ1n) is 20.6. The van der Waals surface area contributed by atoms with Gasteiger partial charge in [-0.25, -0.2) is 22.5 Å². The molecule has 2 atom stereocenters. The van der Waals surface area contributed by atoms with Gasteiger partial charge >= 0.3 is 5.97 Å². The van der Waals surface area contributed by atoms with Crippen molar-refractivity contribution in [3.63, 3.8) is 0 Å². The van der Waals surface area contributed by atoms with Crippen molar-refractivity contribution in [2.24, 2.45) is 0 Å². The number of halogens is 1. The van der Waals surface area contributed by atoms with Crippen LogP contribution in [0.5, 0.6) is 0 Å². The molecule has 342 valence electrons. The van der Waals surface area contributed by atoms with E-state index in [4.69, 9.17) is 5.11 Å². The third kappa shape index (κ3) is 14.9. The quantitative estimate of drug-likeness (QED) is 0.0831. The molecular formula is C49H56FN7O6S2. The lowest BCUT2D eigenvalue weighted by Crippen LogP contribution is -2.27. The Labute approximate surface area is 383 Å². The van der Waals surface area contributed by atoms with Gasteiger partial charge in [0.1, 0.15) is 18.5 Å². The number of allylic oxidation sites excluding steroid dienone is 2. The first-order chi connectivity index (χ1) is 30.4. The summed E-state index contributed by atoms with van der Waals surface area (Å²) >= 11 is 0. The van der Waals surface area contributed by atoms with Gasteiger partial charge in [-0.3, -0.25) is 13.7 Å². The molecule has 0 bridgehead atoms. The number of aliphatic carboxylic acids is 1. The summed E-state index contributed by atoms with van der Waals surface area (Å²) in [5.74, 6) is -1.33. The van der Waals surface area contributed by atoms with E-state index in [-0.39, 0.29) is 12.2 Å². The molecular weight excluding hydrogens is 866 g/mol. The molecule has 1 heterocycles. The molecule has 0 saturated carbocycles. The van der Waals surface area contributed by atoms with Gasteiger partial charge in [-0.05, 0) is 133 Å². The van der Waals surface area contributed by atoms with E-state index in [1.165, 1.54) is 18.5 Å². The zero-order valence-corrected chi connectivity index (χ0v) is 39.7. The molecule has 0 saturated heterocycles. The van der Waals surface area contributed by atoms with Crippen molar-refractivity contribution in [2.45, 2.75) is 89.3 Å². The second kappa shape index (κ2) is 22.1. The lowest BCUT2D eigenvalue weighted by molar-refractivity contribution is -0.135. The molecule has 2 unspecified atom stereocenters. The Morgan fingerprint density at radius 2 is 1.54 bits per heavy atom. The molecule has 1 aliphatic carbocycles. The zero-order chi connectivity index (χ0) is 48.3. The van der Waals surface area contributed by atoms with Gasteiger partial charge in [-0.2, -0.15) is 15.6 Å². The number of nitrogens with one attached hydrogen (secondary N) is 2. The van der Waals surface area contributed by atoms with Gasteiger partial charge in [-0.15, -0.1) is 0 Å². The molecule has 4 aromatic carbocycles. The van der Waals surface area contributed by atoms with Crippen LogP contribution in [0, 0.1) is 28.5 Å². The number of sulfonamides is 1. The SMILES string of the molecule is CC(C)(C#N)c1cc(Cn2cncn2)cc(C(C)(C)C#N)c1.CC(C)NCC(O)c1ccc(NS(C)(=O)=O)cc1.CC1=C(CC(=O)O)c2cc(F)ccc2/C1=C\c1ccc(S(C)=O)cc1. The number of aromatic nitrogens is 3. The summed E-state index contributed by atoms with van der Waals surface area (Å²) in [6.45, 7) is 14.4. The highest BCUT2D eigenvalue weighted by Crippen LogP contribution is 2.44. The lowest BCUT2D eigenvalue weighted by atomic mass is 9.79. The Hall–Kier alpha value is -6.30. The Morgan fingerprint density at radius 3 is 2.03 bits per heavy atom. The monoisotopic (exact) mass is 921 g/mol. The third-order valence-corrected chi connectivity index (χ3v) is 12.0. The molecule has 0 spiro atoms. The summed E-state index contributed by atoms with van der Waals surface area (Å²) in [4.78, 5) is 15.9. The van der Waals surface area contributed by atoms with E-state index in [1.54, 1.807) is 59.7 Å². The molecule has 4 N–H and O–H groups in total. The van der Waals surface area contributed by atoms with Crippen LogP contribution in [0.1, 0.15) is 99.9 Å². The minimum atomic E-state index is -3.26. The van der Waals surface area contributed by atoms with E-state index in [1.807, 2.05) is 84.9 Å². The number of carboxylic acid groups (broad SMARTS) is 1. The van der Waals surface area contributed by atoms with E-state index in [2.05, 4.69) is 32.3 Å². The normalized spacial score (nSPS) is 14.0. The Kier molecular flexibility index (Phi) is 17.4. The molecule has 0 aliphatic heterocycles. The van der Waals surface area contributed by atoms with Gasteiger partial charge in [0, 0.05) is 40.2 Å².